The third-order valence-electron chi connectivity index (χ3n) is 3.10. The fourth-order valence-corrected chi connectivity index (χ4v) is 2.31. The smallest absolute Gasteiger partial charge is 0.306 e. The van der Waals surface area contributed by atoms with Crippen LogP contribution in [-0.2, 0) is 22.5 Å². The van der Waals surface area contributed by atoms with Crippen molar-refractivity contribution >= 4 is 16.9 Å². The highest BCUT2D eigenvalue weighted by Crippen LogP contribution is 2.20. The van der Waals surface area contributed by atoms with Crippen molar-refractivity contribution in [2.75, 3.05) is 6.61 Å². The van der Waals surface area contributed by atoms with Crippen molar-refractivity contribution in [3.05, 3.63) is 36.0 Å². The lowest BCUT2D eigenvalue weighted by atomic mass is 10.2. The molecular formula is C15H19NO2. The van der Waals surface area contributed by atoms with Gasteiger partial charge in [-0.1, -0.05) is 18.2 Å². The zero-order chi connectivity index (χ0) is 13.0. The summed E-state index contributed by atoms with van der Waals surface area (Å²) >= 11 is 0. The Balaban J connectivity index is 2.19. The third-order valence-corrected chi connectivity index (χ3v) is 3.10. The number of hydrogen-bond acceptors (Lipinski definition) is 2. The molecule has 0 saturated heterocycles. The monoisotopic (exact) mass is 245 g/mol. The zero-order valence-electron chi connectivity index (χ0n) is 11.0. The Kier molecular flexibility index (Phi) is 4.03. The number of aromatic nitrogens is 1. The zero-order valence-corrected chi connectivity index (χ0v) is 11.0. The van der Waals surface area contributed by atoms with Crippen molar-refractivity contribution in [2.45, 2.75) is 33.2 Å². The van der Waals surface area contributed by atoms with Crippen LogP contribution in [0.25, 0.3) is 10.9 Å². The molecule has 1 heterocycles. The molecule has 0 unspecified atom stereocenters. The molecule has 0 saturated carbocycles. The quantitative estimate of drug-likeness (QED) is 0.758. The molecule has 0 fully saturated rings. The summed E-state index contributed by atoms with van der Waals surface area (Å²) in [6, 6.07) is 10.5. The molecule has 0 aliphatic carbocycles. The van der Waals surface area contributed by atoms with Gasteiger partial charge in [0.1, 0.15) is 0 Å². The number of esters is 1. The van der Waals surface area contributed by atoms with Gasteiger partial charge < -0.3 is 9.30 Å². The second-order valence-corrected chi connectivity index (χ2v) is 4.24. The van der Waals surface area contributed by atoms with Crippen molar-refractivity contribution in [1.82, 2.24) is 4.57 Å². The molecule has 1 aromatic heterocycles. The van der Waals surface area contributed by atoms with Crippen LogP contribution in [0.5, 0.6) is 0 Å². The molecule has 0 bridgehead atoms. The van der Waals surface area contributed by atoms with Crippen LogP contribution in [0.1, 0.15) is 26.0 Å². The molecule has 3 heteroatoms. The van der Waals surface area contributed by atoms with Crippen molar-refractivity contribution in [3.63, 3.8) is 0 Å². The molecule has 0 atom stereocenters. The first-order valence-electron chi connectivity index (χ1n) is 6.49. The number of carbonyl (C=O) groups is 1. The van der Waals surface area contributed by atoms with Gasteiger partial charge in [-0.25, -0.2) is 0 Å². The van der Waals surface area contributed by atoms with Gasteiger partial charge in [0.25, 0.3) is 0 Å². The highest BCUT2D eigenvalue weighted by Gasteiger charge is 2.09. The summed E-state index contributed by atoms with van der Waals surface area (Å²) in [4.78, 5) is 11.4. The molecule has 2 aromatic rings. The minimum Gasteiger partial charge on any atom is -0.466 e. The van der Waals surface area contributed by atoms with Crippen LogP contribution < -0.4 is 0 Å². The summed E-state index contributed by atoms with van der Waals surface area (Å²) < 4.78 is 7.22. The summed E-state index contributed by atoms with van der Waals surface area (Å²) in [6.45, 7) is 5.34. The van der Waals surface area contributed by atoms with Gasteiger partial charge >= 0.3 is 5.97 Å². The molecule has 18 heavy (non-hydrogen) atoms. The highest BCUT2D eigenvalue weighted by atomic mass is 16.5. The standard InChI is InChI=1S/C15H19NO2/c1-3-16-13(9-10-15(17)18-4-2)11-12-7-5-6-8-14(12)16/h5-8,11H,3-4,9-10H2,1-2H3. The predicted molar refractivity (Wildman–Crippen MR) is 72.6 cm³/mol. The molecule has 0 spiro atoms. The maximum atomic E-state index is 11.4. The van der Waals surface area contributed by atoms with E-state index in [2.05, 4.69) is 29.7 Å². The topological polar surface area (TPSA) is 31.2 Å². The van der Waals surface area contributed by atoms with Crippen LogP contribution in [0, 0.1) is 0 Å². The van der Waals surface area contributed by atoms with Crippen molar-refractivity contribution in [3.8, 4) is 0 Å². The average molecular weight is 245 g/mol. The summed E-state index contributed by atoms with van der Waals surface area (Å²) in [5, 5.41) is 1.23. The van der Waals surface area contributed by atoms with Crippen LogP contribution in [0.4, 0.5) is 0 Å². The third kappa shape index (κ3) is 2.55. The number of fused-ring (bicyclic) bond motifs is 1. The maximum absolute atomic E-state index is 11.4. The first-order valence-corrected chi connectivity index (χ1v) is 6.49. The van der Waals surface area contributed by atoms with E-state index in [-0.39, 0.29) is 5.97 Å². The van der Waals surface area contributed by atoms with E-state index in [1.54, 1.807) is 0 Å². The van der Waals surface area contributed by atoms with Crippen molar-refractivity contribution in [1.29, 1.82) is 0 Å². The first kappa shape index (κ1) is 12.7. The minimum atomic E-state index is -0.120. The van der Waals surface area contributed by atoms with Gasteiger partial charge in [-0.2, -0.15) is 0 Å². The van der Waals surface area contributed by atoms with Gasteiger partial charge in [-0.15, -0.1) is 0 Å². The molecule has 96 valence electrons. The van der Waals surface area contributed by atoms with E-state index < -0.39 is 0 Å². The number of aryl methyl sites for hydroxylation is 2. The van der Waals surface area contributed by atoms with Crippen LogP contribution in [0.15, 0.2) is 30.3 Å². The molecule has 1 aromatic carbocycles. The SMILES string of the molecule is CCOC(=O)CCc1cc2ccccc2n1CC. The molecule has 0 amide bonds. The van der Waals surface area contributed by atoms with Crippen LogP contribution >= 0.6 is 0 Å². The Morgan fingerprint density at radius 2 is 2.06 bits per heavy atom. The van der Waals surface area contributed by atoms with Crippen LogP contribution in [0.3, 0.4) is 0 Å². The second kappa shape index (κ2) is 5.71. The molecule has 0 radical (unpaired) electrons. The Morgan fingerprint density at radius 1 is 1.28 bits per heavy atom. The van der Waals surface area contributed by atoms with E-state index >= 15 is 0 Å². The first-order chi connectivity index (χ1) is 8.76. The average Bonchev–Trinajstić information content (AvgIpc) is 2.74. The molecule has 0 N–H and O–H groups in total. The Morgan fingerprint density at radius 3 is 2.78 bits per heavy atom. The van der Waals surface area contributed by atoms with Crippen LogP contribution in [-0.4, -0.2) is 17.1 Å². The number of benzene rings is 1. The summed E-state index contributed by atoms with van der Waals surface area (Å²) in [5.74, 6) is -0.120. The van der Waals surface area contributed by atoms with E-state index in [4.69, 9.17) is 4.74 Å². The molecule has 0 aliphatic rings. The normalized spacial score (nSPS) is 10.8. The summed E-state index contributed by atoms with van der Waals surface area (Å²) in [6.07, 6.45) is 1.19. The van der Waals surface area contributed by atoms with Gasteiger partial charge in [0.05, 0.1) is 13.0 Å². The Bertz CT molecular complexity index is 542. The van der Waals surface area contributed by atoms with Crippen LogP contribution in [0.2, 0.25) is 0 Å². The predicted octanol–water partition coefficient (Wildman–Crippen LogP) is 3.16. The minimum absolute atomic E-state index is 0.120. The van der Waals surface area contributed by atoms with Gasteiger partial charge in [0.15, 0.2) is 0 Å². The summed E-state index contributed by atoms with van der Waals surface area (Å²) in [7, 11) is 0. The van der Waals surface area contributed by atoms with Gasteiger partial charge in [-0.3, -0.25) is 4.79 Å². The van der Waals surface area contributed by atoms with E-state index in [9.17, 15) is 4.79 Å². The molecule has 2 rings (SSSR count). The number of rotatable bonds is 5. The van der Waals surface area contributed by atoms with Gasteiger partial charge in [0, 0.05) is 17.8 Å². The number of para-hydroxylation sites is 1. The highest BCUT2D eigenvalue weighted by molar-refractivity contribution is 5.81. The fraction of sp³-hybridized carbons (Fsp3) is 0.400. The number of hydrogen-bond donors (Lipinski definition) is 0. The van der Waals surface area contributed by atoms with Gasteiger partial charge in [0.2, 0.25) is 0 Å². The van der Waals surface area contributed by atoms with E-state index in [1.807, 2.05) is 19.1 Å². The van der Waals surface area contributed by atoms with E-state index in [0.29, 0.717) is 13.0 Å². The number of nitrogens with zero attached hydrogens (tertiary/aromatic N) is 1. The van der Waals surface area contributed by atoms with E-state index in [1.165, 1.54) is 16.6 Å². The lowest BCUT2D eigenvalue weighted by molar-refractivity contribution is -0.143. The molecular weight excluding hydrogens is 226 g/mol. The summed E-state index contributed by atoms with van der Waals surface area (Å²) in [5.41, 5.74) is 2.44. The maximum Gasteiger partial charge on any atom is 0.306 e. The number of ether oxygens (including phenoxy) is 1. The fourth-order valence-electron chi connectivity index (χ4n) is 2.31. The number of carbonyl (C=O) groups excluding carboxylic acids is 1. The van der Waals surface area contributed by atoms with Gasteiger partial charge in [-0.05, 0) is 37.8 Å². The molecule has 3 nitrogen and oxygen atoms in total. The molecule has 0 aliphatic heterocycles. The second-order valence-electron chi connectivity index (χ2n) is 4.24. The Hall–Kier alpha value is -1.77. The van der Waals surface area contributed by atoms with Crippen molar-refractivity contribution < 1.29 is 9.53 Å². The lowest BCUT2D eigenvalue weighted by Crippen LogP contribution is -2.07. The largest absolute Gasteiger partial charge is 0.466 e. The van der Waals surface area contributed by atoms with E-state index in [0.717, 1.165) is 13.0 Å². The Labute approximate surface area is 107 Å². The lowest BCUT2D eigenvalue weighted by Gasteiger charge is -2.07. The van der Waals surface area contributed by atoms with Crippen molar-refractivity contribution in [2.24, 2.45) is 0 Å².